The van der Waals surface area contributed by atoms with E-state index in [0.717, 1.165) is 31.6 Å². The highest BCUT2D eigenvalue weighted by Gasteiger charge is 2.23. The summed E-state index contributed by atoms with van der Waals surface area (Å²) >= 11 is 2.25. The zero-order valence-electron chi connectivity index (χ0n) is 11.0. The smallest absolute Gasteiger partial charge is 0.239 e. The number of halogens is 3. The van der Waals surface area contributed by atoms with Gasteiger partial charge in [0.1, 0.15) is 24.2 Å². The fourth-order valence-electron chi connectivity index (χ4n) is 2.92. The molecule has 2 aromatic carbocycles. The molecule has 2 aromatic heterocycles. The monoisotopic (exact) mass is 395 g/mol. The number of rotatable bonds is 0. The van der Waals surface area contributed by atoms with Crippen molar-refractivity contribution in [2.45, 2.75) is 0 Å². The summed E-state index contributed by atoms with van der Waals surface area (Å²) in [6.45, 7) is 0. The predicted molar refractivity (Wildman–Crippen MR) is 87.1 cm³/mol. The Morgan fingerprint density at radius 3 is 2.62 bits per heavy atom. The minimum atomic E-state index is -0.568. The lowest BCUT2D eigenvalue weighted by atomic mass is 10.1. The quantitative estimate of drug-likeness (QED) is 0.341. The molecule has 0 aliphatic carbocycles. The van der Waals surface area contributed by atoms with Gasteiger partial charge in [-0.15, -0.1) is 0 Å². The summed E-state index contributed by atoms with van der Waals surface area (Å²) in [5.41, 5.74) is 3.01. The number of hydrogen-bond donors (Lipinski definition) is 1. The zero-order chi connectivity index (χ0) is 14.7. The first-order chi connectivity index (χ1) is 10.1. The Balaban J connectivity index is 2.37. The first-order valence-corrected chi connectivity index (χ1v) is 7.52. The molecule has 0 saturated heterocycles. The van der Waals surface area contributed by atoms with Gasteiger partial charge >= 0.3 is 0 Å². The maximum Gasteiger partial charge on any atom is 0.239 e. The Labute approximate surface area is 132 Å². The molecule has 21 heavy (non-hydrogen) atoms. The predicted octanol–water partition coefficient (Wildman–Crippen LogP) is 4.18. The van der Waals surface area contributed by atoms with Crippen LogP contribution in [-0.2, 0) is 7.05 Å². The van der Waals surface area contributed by atoms with Gasteiger partial charge in [0.2, 0.25) is 11.0 Å². The highest BCUT2D eigenvalue weighted by Crippen LogP contribution is 2.32. The van der Waals surface area contributed by atoms with Crippen LogP contribution < -0.4 is 4.57 Å². The summed E-state index contributed by atoms with van der Waals surface area (Å²) in [6, 6.07) is 10.2. The van der Waals surface area contributed by atoms with Gasteiger partial charge < -0.3 is 4.98 Å². The van der Waals surface area contributed by atoms with Gasteiger partial charge in [-0.05, 0) is 34.7 Å². The SMILES string of the molecule is C[n+]1c2ccccc2c(I)c2[nH]c3c(F)cc(F)cc3c21. The molecule has 5 heteroatoms. The Morgan fingerprint density at radius 1 is 1.05 bits per heavy atom. The van der Waals surface area contributed by atoms with Gasteiger partial charge in [0.15, 0.2) is 0 Å². The first-order valence-electron chi connectivity index (χ1n) is 6.44. The Kier molecular flexibility index (Phi) is 2.69. The maximum atomic E-state index is 14.0. The third-order valence-electron chi connectivity index (χ3n) is 3.85. The number of aromatic amines is 1. The van der Waals surface area contributed by atoms with Gasteiger partial charge in [0.05, 0.1) is 19.9 Å². The van der Waals surface area contributed by atoms with E-state index in [1.807, 2.05) is 35.9 Å². The molecule has 1 N–H and O–H groups in total. The lowest BCUT2D eigenvalue weighted by Gasteiger charge is -2.01. The van der Waals surface area contributed by atoms with Gasteiger partial charge in [-0.25, -0.2) is 8.78 Å². The minimum Gasteiger partial charge on any atom is -0.346 e. The molecule has 4 aromatic rings. The summed E-state index contributed by atoms with van der Waals surface area (Å²) in [5, 5.41) is 1.65. The van der Waals surface area contributed by atoms with Crippen molar-refractivity contribution in [3.05, 3.63) is 51.6 Å². The Hall–Kier alpha value is -1.76. The van der Waals surface area contributed by atoms with Gasteiger partial charge in [-0.1, -0.05) is 12.1 Å². The van der Waals surface area contributed by atoms with Crippen molar-refractivity contribution in [2.75, 3.05) is 0 Å². The molecule has 0 spiro atoms. The molecule has 2 heterocycles. The van der Waals surface area contributed by atoms with Crippen molar-refractivity contribution in [1.29, 1.82) is 0 Å². The lowest BCUT2D eigenvalue weighted by molar-refractivity contribution is -0.616. The van der Waals surface area contributed by atoms with E-state index in [1.165, 1.54) is 6.07 Å². The molecular formula is C16H10F2IN2+. The minimum absolute atomic E-state index is 0.343. The number of para-hydroxylation sites is 1. The summed E-state index contributed by atoms with van der Waals surface area (Å²) < 4.78 is 30.6. The lowest BCUT2D eigenvalue weighted by Crippen LogP contribution is -2.30. The molecule has 0 bridgehead atoms. The van der Waals surface area contributed by atoms with Crippen LogP contribution >= 0.6 is 22.6 Å². The molecule has 0 radical (unpaired) electrons. The van der Waals surface area contributed by atoms with Gasteiger partial charge in [-0.2, -0.15) is 4.57 Å². The summed E-state index contributed by atoms with van der Waals surface area (Å²) in [5.74, 6) is -1.13. The van der Waals surface area contributed by atoms with Gasteiger partial charge in [0.25, 0.3) is 0 Å². The first kappa shape index (κ1) is 12.9. The van der Waals surface area contributed by atoms with E-state index < -0.39 is 11.6 Å². The third-order valence-corrected chi connectivity index (χ3v) is 4.97. The van der Waals surface area contributed by atoms with Crippen LogP contribution in [0.3, 0.4) is 0 Å². The van der Waals surface area contributed by atoms with E-state index in [2.05, 4.69) is 27.6 Å². The summed E-state index contributed by atoms with van der Waals surface area (Å²) in [4.78, 5) is 3.10. The van der Waals surface area contributed by atoms with Crippen molar-refractivity contribution in [3.63, 3.8) is 0 Å². The fraction of sp³-hybridized carbons (Fsp3) is 0.0625. The van der Waals surface area contributed by atoms with Crippen LogP contribution in [0, 0.1) is 15.2 Å². The maximum absolute atomic E-state index is 14.0. The fourth-order valence-corrected chi connectivity index (χ4v) is 3.77. The number of nitrogens with zero attached hydrogens (tertiary/aromatic N) is 1. The highest BCUT2D eigenvalue weighted by molar-refractivity contribution is 14.1. The molecule has 0 amide bonds. The number of hydrogen-bond acceptors (Lipinski definition) is 0. The topological polar surface area (TPSA) is 19.7 Å². The highest BCUT2D eigenvalue weighted by atomic mass is 127. The van der Waals surface area contributed by atoms with Gasteiger partial charge in [0, 0.05) is 12.1 Å². The molecule has 0 atom stereocenters. The standard InChI is InChI=1S/C16H9F2IN2/c1-21-12-5-3-2-4-9(12)13(19)15-16(21)10-6-8(17)7-11(18)14(10)20-15/h2-7H,1H3/p+1. The number of nitrogens with one attached hydrogen (secondary N) is 1. The molecule has 0 saturated carbocycles. The van der Waals surface area contributed by atoms with Crippen molar-refractivity contribution >= 4 is 55.4 Å². The average molecular weight is 395 g/mol. The average Bonchev–Trinajstić information content (AvgIpc) is 2.85. The van der Waals surface area contributed by atoms with Crippen LogP contribution in [0.4, 0.5) is 8.78 Å². The van der Waals surface area contributed by atoms with E-state index in [4.69, 9.17) is 0 Å². The second-order valence-electron chi connectivity index (χ2n) is 5.05. The van der Waals surface area contributed by atoms with Gasteiger partial charge in [-0.3, -0.25) is 0 Å². The second-order valence-corrected chi connectivity index (χ2v) is 6.13. The van der Waals surface area contributed by atoms with Crippen molar-refractivity contribution in [3.8, 4) is 0 Å². The zero-order valence-corrected chi connectivity index (χ0v) is 13.2. The van der Waals surface area contributed by atoms with E-state index in [1.54, 1.807) is 0 Å². The van der Waals surface area contributed by atoms with Crippen LogP contribution in [0.5, 0.6) is 0 Å². The molecule has 0 unspecified atom stereocenters. The Bertz CT molecular complexity index is 1040. The summed E-state index contributed by atoms with van der Waals surface area (Å²) in [6.07, 6.45) is 0. The van der Waals surface area contributed by atoms with Crippen molar-refractivity contribution < 1.29 is 13.3 Å². The summed E-state index contributed by atoms with van der Waals surface area (Å²) in [7, 11) is 1.91. The molecule has 2 nitrogen and oxygen atoms in total. The number of benzene rings is 2. The van der Waals surface area contributed by atoms with E-state index in [9.17, 15) is 8.78 Å². The molecule has 4 rings (SSSR count). The number of aromatic nitrogens is 2. The molecule has 0 fully saturated rings. The molecule has 104 valence electrons. The molecule has 0 aliphatic heterocycles. The number of aryl methyl sites for hydroxylation is 1. The number of H-pyrrole nitrogens is 1. The number of pyridine rings is 1. The van der Waals surface area contributed by atoms with Crippen LogP contribution in [0.1, 0.15) is 0 Å². The molecular weight excluding hydrogens is 385 g/mol. The van der Waals surface area contributed by atoms with E-state index in [-0.39, 0.29) is 0 Å². The normalized spacial score (nSPS) is 11.8. The van der Waals surface area contributed by atoms with Crippen LogP contribution in [0.2, 0.25) is 0 Å². The van der Waals surface area contributed by atoms with Crippen molar-refractivity contribution in [1.82, 2.24) is 4.98 Å². The van der Waals surface area contributed by atoms with E-state index >= 15 is 0 Å². The van der Waals surface area contributed by atoms with Crippen molar-refractivity contribution in [2.24, 2.45) is 7.05 Å². The largest absolute Gasteiger partial charge is 0.346 e. The Morgan fingerprint density at radius 2 is 1.81 bits per heavy atom. The van der Waals surface area contributed by atoms with Crippen LogP contribution in [-0.4, -0.2) is 4.98 Å². The number of fused-ring (bicyclic) bond motifs is 4. The van der Waals surface area contributed by atoms with Crippen LogP contribution in [0.15, 0.2) is 36.4 Å². The van der Waals surface area contributed by atoms with Crippen LogP contribution in [0.25, 0.3) is 32.8 Å². The third kappa shape index (κ3) is 1.70. The van der Waals surface area contributed by atoms with E-state index in [0.29, 0.717) is 10.9 Å². The molecule has 0 aliphatic rings. The second kappa shape index (κ2) is 4.37.